The minimum absolute atomic E-state index is 0.0638. The number of nitrogens with zero attached hydrogens (tertiary/aromatic N) is 2. The lowest BCUT2D eigenvalue weighted by Gasteiger charge is -2.48. The molecule has 3 saturated heterocycles. The predicted octanol–water partition coefficient (Wildman–Crippen LogP) is 6.07. The van der Waals surface area contributed by atoms with Gasteiger partial charge in [-0.3, -0.25) is 9.59 Å². The summed E-state index contributed by atoms with van der Waals surface area (Å²) in [6.45, 7) is 6.63. The summed E-state index contributed by atoms with van der Waals surface area (Å²) >= 11 is 7.05. The monoisotopic (exact) mass is 645 g/mol. The fraction of sp³-hybridized carbons (Fsp3) is 0.389. The number of carbonyl (C=O) groups excluding carboxylic acids is 1. The highest BCUT2D eigenvalue weighted by atomic mass is 35.5. The van der Waals surface area contributed by atoms with E-state index in [-0.39, 0.29) is 46.3 Å². The normalized spacial score (nSPS) is 18.7. The van der Waals surface area contributed by atoms with Crippen LogP contribution in [0.3, 0.4) is 0 Å². The third-order valence-corrected chi connectivity index (χ3v) is 9.77. The van der Waals surface area contributed by atoms with Gasteiger partial charge in [0, 0.05) is 25.4 Å². The average molecular weight is 646 g/mol. The third kappa shape index (κ3) is 6.52. The molecule has 3 aromatic carbocycles. The molecule has 7 rings (SSSR count). The van der Waals surface area contributed by atoms with Crippen molar-refractivity contribution in [3.8, 4) is 23.0 Å². The van der Waals surface area contributed by atoms with E-state index in [2.05, 4.69) is 10.2 Å². The number of aromatic nitrogens is 1. The number of amides is 1. The van der Waals surface area contributed by atoms with Gasteiger partial charge in [0.05, 0.1) is 30.1 Å². The lowest BCUT2D eigenvalue weighted by Crippen LogP contribution is -2.52. The first-order chi connectivity index (χ1) is 22.3. The molecule has 0 saturated carbocycles. The van der Waals surface area contributed by atoms with Crippen LogP contribution in [0.2, 0.25) is 5.02 Å². The van der Waals surface area contributed by atoms with E-state index in [4.69, 9.17) is 30.5 Å². The molecule has 46 heavy (non-hydrogen) atoms. The number of hydrogen-bond acceptors (Lipinski definition) is 7. The molecule has 2 bridgehead atoms. The van der Waals surface area contributed by atoms with Crippen LogP contribution in [-0.4, -0.2) is 55.8 Å². The largest absolute Gasteiger partial charge is 0.497 e. The van der Waals surface area contributed by atoms with Crippen LogP contribution < -0.4 is 29.7 Å². The number of halogens is 1. The minimum Gasteiger partial charge on any atom is -0.497 e. The number of aryl methyl sites for hydroxylation is 1. The summed E-state index contributed by atoms with van der Waals surface area (Å²) in [6.07, 6.45) is 4.81. The Morgan fingerprint density at radius 1 is 0.891 bits per heavy atom. The van der Waals surface area contributed by atoms with Crippen molar-refractivity contribution in [2.75, 3.05) is 40.4 Å². The van der Waals surface area contributed by atoms with Crippen molar-refractivity contribution in [2.24, 2.45) is 5.41 Å². The quantitative estimate of drug-likeness (QED) is 0.200. The molecule has 4 heterocycles. The molecule has 0 unspecified atom stereocenters. The van der Waals surface area contributed by atoms with Crippen molar-refractivity contribution in [3.05, 3.63) is 92.7 Å². The van der Waals surface area contributed by atoms with Crippen LogP contribution in [0.5, 0.6) is 23.0 Å². The van der Waals surface area contributed by atoms with Gasteiger partial charge >= 0.3 is 0 Å². The predicted molar refractivity (Wildman–Crippen MR) is 179 cm³/mol. The maximum absolute atomic E-state index is 14.0. The second-order valence-corrected chi connectivity index (χ2v) is 12.5. The van der Waals surface area contributed by atoms with Crippen molar-refractivity contribution in [3.63, 3.8) is 0 Å². The molecule has 9 nitrogen and oxygen atoms in total. The molecule has 4 aromatic rings. The van der Waals surface area contributed by atoms with Gasteiger partial charge < -0.3 is 33.7 Å². The van der Waals surface area contributed by atoms with Crippen LogP contribution in [0.1, 0.15) is 47.7 Å². The Hall–Kier alpha value is -4.21. The zero-order valence-electron chi connectivity index (χ0n) is 26.6. The van der Waals surface area contributed by atoms with Crippen molar-refractivity contribution in [1.82, 2.24) is 14.8 Å². The number of pyridine rings is 1. The number of nitrogens with one attached hydrogen (secondary N) is 1. The summed E-state index contributed by atoms with van der Waals surface area (Å²) in [6, 6.07) is 16.8. The number of ether oxygens (including phenoxy) is 4. The second kappa shape index (κ2) is 13.6. The van der Waals surface area contributed by atoms with E-state index in [0.29, 0.717) is 24.4 Å². The van der Waals surface area contributed by atoms with Gasteiger partial charge in [-0.05, 0) is 86.6 Å². The number of methoxy groups -OCH3 is 2. The lowest BCUT2D eigenvalue weighted by molar-refractivity contribution is 0.0262. The molecule has 3 aliphatic heterocycles. The Morgan fingerprint density at radius 2 is 1.46 bits per heavy atom. The highest BCUT2D eigenvalue weighted by Gasteiger charge is 2.39. The van der Waals surface area contributed by atoms with Crippen molar-refractivity contribution < 1.29 is 23.7 Å². The second-order valence-electron chi connectivity index (χ2n) is 12.1. The highest BCUT2D eigenvalue weighted by molar-refractivity contribution is 6.37. The Bertz CT molecular complexity index is 1750. The van der Waals surface area contributed by atoms with Crippen molar-refractivity contribution in [1.29, 1.82) is 0 Å². The van der Waals surface area contributed by atoms with Crippen LogP contribution >= 0.6 is 11.6 Å². The van der Waals surface area contributed by atoms with E-state index in [1.165, 1.54) is 0 Å². The number of benzene rings is 3. The SMILES string of the molecule is CCn1cc(C(=O)NCC23CCN(CC2)CC3)c(=O)c2c(Cl)c(OCc3ccc(OC)cc3)c(OCc3ccc(OC)cc3)cc21. The molecule has 1 N–H and O–H groups in total. The maximum Gasteiger partial charge on any atom is 0.256 e. The van der Waals surface area contributed by atoms with E-state index < -0.39 is 5.43 Å². The number of rotatable bonds is 12. The maximum atomic E-state index is 14.0. The Kier molecular flexibility index (Phi) is 9.42. The van der Waals surface area contributed by atoms with Crippen molar-refractivity contribution in [2.45, 2.75) is 45.9 Å². The van der Waals surface area contributed by atoms with Gasteiger partial charge in [-0.25, -0.2) is 0 Å². The van der Waals surface area contributed by atoms with Gasteiger partial charge in [0.2, 0.25) is 5.43 Å². The van der Waals surface area contributed by atoms with Crippen molar-refractivity contribution >= 4 is 28.4 Å². The Labute approximate surface area is 274 Å². The molecule has 1 amide bonds. The molecule has 0 atom stereocenters. The fourth-order valence-electron chi connectivity index (χ4n) is 6.41. The molecule has 3 fully saturated rings. The lowest BCUT2D eigenvalue weighted by atomic mass is 9.72. The molecule has 1 aromatic heterocycles. The Balaban J connectivity index is 1.34. The van der Waals surface area contributed by atoms with Crippen LogP contribution in [0.4, 0.5) is 0 Å². The van der Waals surface area contributed by atoms with E-state index in [9.17, 15) is 9.59 Å². The third-order valence-electron chi connectivity index (χ3n) is 9.41. The van der Waals surface area contributed by atoms with Crippen LogP contribution in [-0.2, 0) is 19.8 Å². The number of piperidine rings is 3. The summed E-state index contributed by atoms with van der Waals surface area (Å²) in [5, 5.41) is 3.43. The molecule has 10 heteroatoms. The highest BCUT2D eigenvalue weighted by Crippen LogP contribution is 2.42. The standard InChI is InChI=1S/C36H40ClN3O6/c1-4-40-20-28(35(42)38-23-36-13-16-39(17-14-36)18-15-36)33(41)31-29(40)19-30(45-21-24-5-9-26(43-2)10-6-24)34(32(31)37)46-22-25-7-11-27(44-3)12-8-25/h5-12,19-20H,4,13-18,21-23H2,1-3H3,(H,38,42). The fourth-order valence-corrected chi connectivity index (χ4v) is 6.74. The number of hydrogen-bond donors (Lipinski definition) is 1. The Morgan fingerprint density at radius 3 is 2.00 bits per heavy atom. The molecule has 3 aliphatic rings. The molecule has 0 aliphatic carbocycles. The van der Waals surface area contributed by atoms with Gasteiger partial charge in [0.25, 0.3) is 5.91 Å². The van der Waals surface area contributed by atoms with E-state index in [0.717, 1.165) is 61.5 Å². The minimum atomic E-state index is -0.436. The van der Waals surface area contributed by atoms with Gasteiger partial charge in [0.1, 0.15) is 30.3 Å². The van der Waals surface area contributed by atoms with Gasteiger partial charge in [-0.15, -0.1) is 0 Å². The van der Waals surface area contributed by atoms with E-state index in [1.54, 1.807) is 26.5 Å². The topological polar surface area (TPSA) is 91.3 Å². The zero-order valence-corrected chi connectivity index (χ0v) is 27.3. The van der Waals surface area contributed by atoms with E-state index in [1.807, 2.05) is 60.0 Å². The molecule has 242 valence electrons. The van der Waals surface area contributed by atoms with Gasteiger partial charge in [-0.1, -0.05) is 35.9 Å². The summed E-state index contributed by atoms with van der Waals surface area (Å²) in [7, 11) is 3.23. The first-order valence-electron chi connectivity index (χ1n) is 15.7. The van der Waals surface area contributed by atoms with Gasteiger partial charge in [0.15, 0.2) is 11.5 Å². The summed E-state index contributed by atoms with van der Waals surface area (Å²) in [4.78, 5) is 30.1. The van der Waals surface area contributed by atoms with Crippen LogP contribution in [0.25, 0.3) is 10.9 Å². The molecular formula is C36H40ClN3O6. The van der Waals surface area contributed by atoms with Crippen LogP contribution in [0, 0.1) is 5.41 Å². The molecule has 0 radical (unpaired) electrons. The first-order valence-corrected chi connectivity index (χ1v) is 16.1. The smallest absolute Gasteiger partial charge is 0.256 e. The number of carbonyl (C=O) groups is 1. The summed E-state index contributed by atoms with van der Waals surface area (Å²) in [5.41, 5.74) is 2.09. The average Bonchev–Trinajstić information content (AvgIpc) is 3.10. The summed E-state index contributed by atoms with van der Waals surface area (Å²) in [5.74, 6) is 1.73. The van der Waals surface area contributed by atoms with E-state index >= 15 is 0 Å². The summed E-state index contributed by atoms with van der Waals surface area (Å²) < 4.78 is 25.0. The number of fused-ring (bicyclic) bond motifs is 4. The first kappa shape index (κ1) is 31.8. The van der Waals surface area contributed by atoms with Gasteiger partial charge in [-0.2, -0.15) is 0 Å². The van der Waals surface area contributed by atoms with Crippen LogP contribution in [0.15, 0.2) is 65.6 Å². The molecule has 0 spiro atoms. The zero-order chi connectivity index (χ0) is 32.3. The molecular weight excluding hydrogens is 606 g/mol.